The van der Waals surface area contributed by atoms with Crippen LogP contribution >= 0.6 is 23.2 Å². The van der Waals surface area contributed by atoms with Gasteiger partial charge in [0.25, 0.3) is 0 Å². The Morgan fingerprint density at radius 2 is 1.02 bits per heavy atom. The summed E-state index contributed by atoms with van der Waals surface area (Å²) >= 11 is 13.4. The zero-order valence-corrected chi connectivity index (χ0v) is 56.0. The van der Waals surface area contributed by atoms with Gasteiger partial charge in [-0.05, 0) is 229 Å². The Morgan fingerprint density at radius 3 is 1.43 bits per heavy atom. The Bertz CT molecular complexity index is 2770. The molecule has 458 valence electrons. The lowest BCUT2D eigenvalue weighted by Gasteiger charge is -2.53. The Hall–Kier alpha value is -2.33. The molecule has 11 nitrogen and oxygen atoms in total. The van der Waals surface area contributed by atoms with Gasteiger partial charge in [-0.25, -0.2) is 0 Å². The van der Waals surface area contributed by atoms with Crippen LogP contribution in [-0.2, 0) is 51.9 Å². The second kappa shape index (κ2) is 26.0. The minimum Gasteiger partial charge on any atom is -0.415 e. The van der Waals surface area contributed by atoms with E-state index >= 15 is 0 Å². The first-order valence-corrected chi connectivity index (χ1v) is 42.1. The van der Waals surface area contributed by atoms with Crippen LogP contribution in [0.15, 0.2) is 84.9 Å². The van der Waals surface area contributed by atoms with Gasteiger partial charge in [0.1, 0.15) is 30.5 Å². The highest BCUT2D eigenvalue weighted by atomic mass is 35.5. The lowest BCUT2D eigenvalue weighted by atomic mass is 9.58. The molecule has 4 aromatic carbocycles. The largest absolute Gasteiger partial charge is 0.415 e. The van der Waals surface area contributed by atoms with Gasteiger partial charge in [-0.15, -0.1) is 0 Å². The normalized spacial score (nSPS) is 31.0. The molecule has 4 aliphatic carbocycles. The maximum atomic E-state index is 12.8. The molecule has 10 rings (SSSR count). The maximum absolute atomic E-state index is 12.8. The highest BCUT2D eigenvalue weighted by molar-refractivity contribution is 6.70. The lowest BCUT2D eigenvalue weighted by Crippen LogP contribution is -2.65. The van der Waals surface area contributed by atoms with Crippen LogP contribution in [0.2, 0.25) is 69.0 Å². The SMILES string of the molecule is COC1(c2ccc(Cl)c(Cc3ccc(C4CCC5(CCC5)CC4)cc3)c2)O[C@H](CO)[C@@H](O)[C@H](O)[C@H]1O.C[C@H]1[C@H](O[Si](C)(C)C)[C@@H](O[Si](C)(C)C)C(O)(c2ccc(Cl)c(Cc3ccc(C4CCC5(CCC5)CC4)cc3)c2)O[C@@H]1CO[Si](C)(C)C. The number of aliphatic hydroxyl groups is 5. The van der Waals surface area contributed by atoms with Crippen molar-refractivity contribution in [2.75, 3.05) is 20.3 Å². The van der Waals surface area contributed by atoms with E-state index in [4.69, 9.17) is 50.7 Å². The van der Waals surface area contributed by atoms with Crippen LogP contribution in [0.5, 0.6) is 0 Å². The quantitative estimate of drug-likeness (QED) is 0.0641. The van der Waals surface area contributed by atoms with Crippen molar-refractivity contribution in [1.82, 2.24) is 0 Å². The van der Waals surface area contributed by atoms with Crippen LogP contribution in [0.4, 0.5) is 0 Å². The fourth-order valence-corrected chi connectivity index (χ4v) is 17.5. The third kappa shape index (κ3) is 15.1. The standard InChI is InChI=1S/C38H61ClO5Si3.C29H37ClO6/c1-27-34(26-41-45(2,3)4)42-38(40,36(44-47(8,9)10)35(27)43-46(5,6)7)32-16-17-33(39)31(25-32)24-28-12-14-29(15-13-28)30-18-22-37(23-19-30)20-11-21-37;1-35-29(27(34)26(33)25(32)24(17-31)36-29)22-7-8-23(30)21(16-22)15-18-3-5-19(6-4-18)20-9-13-28(14-10-20)11-2-12-28/h12-17,25,27,30,34-36,40H,11,18-24,26H2,1-10H3;3-8,16,20,24-27,31-34H,2,9-15,17H2,1H3/t27-,34-,35+,36-,38?;24-,25-,26+,27-,29?/m11/s1. The van der Waals surface area contributed by atoms with Crippen molar-refractivity contribution in [3.63, 3.8) is 0 Å². The minimum absolute atomic E-state index is 0.0339. The molecule has 0 aromatic heterocycles. The second-order valence-corrected chi connectivity index (χ2v) is 43.1. The summed E-state index contributed by atoms with van der Waals surface area (Å²) < 4.78 is 38.3. The first-order chi connectivity index (χ1) is 39.1. The molecule has 0 radical (unpaired) electrons. The molecule has 4 saturated carbocycles. The molecule has 2 unspecified atom stereocenters. The van der Waals surface area contributed by atoms with Gasteiger partial charge in [0.2, 0.25) is 11.6 Å². The molecule has 6 fully saturated rings. The molecule has 4 aromatic rings. The van der Waals surface area contributed by atoms with Crippen LogP contribution in [0.3, 0.4) is 0 Å². The predicted molar refractivity (Wildman–Crippen MR) is 339 cm³/mol. The highest BCUT2D eigenvalue weighted by Gasteiger charge is 2.58. The summed E-state index contributed by atoms with van der Waals surface area (Å²) in [5, 5.41) is 55.1. The summed E-state index contributed by atoms with van der Waals surface area (Å²) in [7, 11) is -4.67. The van der Waals surface area contributed by atoms with E-state index in [1.165, 1.54) is 114 Å². The fourth-order valence-electron chi connectivity index (χ4n) is 14.2. The third-order valence-electron chi connectivity index (χ3n) is 19.5. The van der Waals surface area contributed by atoms with Gasteiger partial charge in [-0.1, -0.05) is 104 Å². The van der Waals surface area contributed by atoms with Gasteiger partial charge >= 0.3 is 0 Å². The summed E-state index contributed by atoms with van der Waals surface area (Å²) in [5.74, 6) is -2.20. The van der Waals surface area contributed by atoms with Gasteiger partial charge in [0.05, 0.1) is 25.4 Å². The number of benzene rings is 4. The van der Waals surface area contributed by atoms with Crippen molar-refractivity contribution in [2.24, 2.45) is 16.7 Å². The number of halogens is 2. The van der Waals surface area contributed by atoms with E-state index in [-0.39, 0.29) is 18.1 Å². The molecule has 2 aliphatic heterocycles. The Morgan fingerprint density at radius 1 is 0.566 bits per heavy atom. The molecular formula is C67H98Cl2O11Si3. The van der Waals surface area contributed by atoms with E-state index in [0.717, 1.165) is 16.7 Å². The zero-order valence-electron chi connectivity index (χ0n) is 51.5. The number of methoxy groups -OCH3 is 1. The van der Waals surface area contributed by atoms with Crippen LogP contribution in [0.1, 0.15) is 153 Å². The number of hydrogen-bond donors (Lipinski definition) is 5. The summed E-state index contributed by atoms with van der Waals surface area (Å²) in [5.41, 5.74) is 9.43. The summed E-state index contributed by atoms with van der Waals surface area (Å²) in [6.07, 6.45) is 13.4. The number of ether oxygens (including phenoxy) is 3. The van der Waals surface area contributed by atoms with E-state index in [1.807, 2.05) is 18.2 Å². The molecule has 0 amide bonds. The average Bonchev–Trinajstić information content (AvgIpc) is 1.94. The highest BCUT2D eigenvalue weighted by Crippen LogP contribution is 2.56. The molecule has 16 heteroatoms. The molecule has 0 bridgehead atoms. The summed E-state index contributed by atoms with van der Waals surface area (Å²) in [6.45, 7) is 21.6. The van der Waals surface area contributed by atoms with Crippen molar-refractivity contribution in [2.45, 2.75) is 235 Å². The Labute approximate surface area is 509 Å². The van der Waals surface area contributed by atoms with Crippen molar-refractivity contribution in [3.8, 4) is 0 Å². The van der Waals surface area contributed by atoms with Crippen LogP contribution in [-0.4, -0.2) is 114 Å². The Kier molecular flexibility index (Phi) is 20.4. The number of aliphatic hydroxyl groups excluding tert-OH is 4. The van der Waals surface area contributed by atoms with Gasteiger partial charge in [0, 0.05) is 34.2 Å². The second-order valence-electron chi connectivity index (χ2n) is 28.8. The van der Waals surface area contributed by atoms with E-state index < -0.39 is 73.7 Å². The maximum Gasteiger partial charge on any atom is 0.224 e. The van der Waals surface area contributed by atoms with Crippen molar-refractivity contribution >= 4 is 48.2 Å². The first kappa shape index (κ1) is 65.1. The summed E-state index contributed by atoms with van der Waals surface area (Å²) in [6, 6.07) is 29.0. The van der Waals surface area contributed by atoms with Gasteiger partial charge in [-0.2, -0.15) is 0 Å². The lowest BCUT2D eigenvalue weighted by molar-refractivity contribution is -0.366. The van der Waals surface area contributed by atoms with Crippen LogP contribution in [0, 0.1) is 16.7 Å². The van der Waals surface area contributed by atoms with Crippen LogP contribution in [0.25, 0.3) is 0 Å². The molecule has 2 heterocycles. The topological polar surface area (TPSA) is 157 Å². The smallest absolute Gasteiger partial charge is 0.224 e. The molecule has 6 aliphatic rings. The van der Waals surface area contributed by atoms with Gasteiger partial charge < -0.3 is 53.0 Å². The monoisotopic (exact) mass is 1230 g/mol. The first-order valence-electron chi connectivity index (χ1n) is 31.1. The predicted octanol–water partition coefficient (Wildman–Crippen LogP) is 14.3. The van der Waals surface area contributed by atoms with Crippen molar-refractivity contribution in [1.29, 1.82) is 0 Å². The van der Waals surface area contributed by atoms with E-state index in [0.29, 0.717) is 63.3 Å². The third-order valence-corrected chi connectivity index (χ3v) is 23.3. The van der Waals surface area contributed by atoms with Crippen LogP contribution < -0.4 is 0 Å². The minimum atomic E-state index is -2.15. The molecule has 2 saturated heterocycles. The van der Waals surface area contributed by atoms with Crippen molar-refractivity contribution in [3.05, 3.63) is 139 Å². The van der Waals surface area contributed by atoms with Crippen molar-refractivity contribution < 1.29 is 53.0 Å². The molecule has 5 N–H and O–H groups in total. The number of hydrogen-bond acceptors (Lipinski definition) is 11. The van der Waals surface area contributed by atoms with E-state index in [2.05, 4.69) is 114 Å². The Balaban J connectivity index is 0.000000206. The molecule has 10 atom stereocenters. The van der Waals surface area contributed by atoms with E-state index in [1.54, 1.807) is 18.2 Å². The molecular weight excluding hydrogens is 1140 g/mol. The number of rotatable bonds is 17. The molecule has 2 spiro atoms. The zero-order chi connectivity index (χ0) is 59.9. The van der Waals surface area contributed by atoms with Gasteiger partial charge in [0.15, 0.2) is 25.0 Å². The average molecular weight is 1230 g/mol. The van der Waals surface area contributed by atoms with Gasteiger partial charge in [-0.3, -0.25) is 0 Å². The van der Waals surface area contributed by atoms with E-state index in [9.17, 15) is 25.5 Å². The summed E-state index contributed by atoms with van der Waals surface area (Å²) in [4.78, 5) is 0. The molecule has 83 heavy (non-hydrogen) atoms. The fraction of sp³-hybridized carbons (Fsp3) is 0.642.